The van der Waals surface area contributed by atoms with E-state index in [1.807, 2.05) is 53.9 Å². The van der Waals surface area contributed by atoms with Gasteiger partial charge in [-0.15, -0.1) is 0 Å². The molecule has 3 aromatic heterocycles. The Labute approximate surface area is 143 Å². The van der Waals surface area contributed by atoms with E-state index in [4.69, 9.17) is 0 Å². The van der Waals surface area contributed by atoms with E-state index in [0.717, 1.165) is 22.3 Å². The maximum absolute atomic E-state index is 10.8. The predicted octanol–water partition coefficient (Wildman–Crippen LogP) is 4.60. The zero-order chi connectivity index (χ0) is 16.4. The Morgan fingerprint density at radius 2 is 1.88 bits per heavy atom. The number of thiophene rings is 1. The molecule has 3 heterocycles. The second-order valence-corrected chi connectivity index (χ2v) is 6.21. The second kappa shape index (κ2) is 6.29. The number of nitrogens with zero attached hydrogens (tertiary/aromatic N) is 2. The van der Waals surface area contributed by atoms with Crippen molar-refractivity contribution in [2.45, 2.75) is 6.04 Å². The van der Waals surface area contributed by atoms with Crippen LogP contribution in [0.5, 0.6) is 5.75 Å². The van der Waals surface area contributed by atoms with Gasteiger partial charge < -0.3 is 10.4 Å². The molecule has 0 radical (unpaired) electrons. The highest BCUT2D eigenvalue weighted by atomic mass is 32.1. The van der Waals surface area contributed by atoms with E-state index in [-0.39, 0.29) is 11.8 Å². The summed E-state index contributed by atoms with van der Waals surface area (Å²) in [5, 5.41) is 19.2. The Morgan fingerprint density at radius 3 is 2.67 bits per heavy atom. The Kier molecular flexibility index (Phi) is 3.84. The summed E-state index contributed by atoms with van der Waals surface area (Å²) in [5.41, 5.74) is 2.47. The first-order chi connectivity index (χ1) is 11.8. The molecule has 118 valence electrons. The van der Waals surface area contributed by atoms with Gasteiger partial charge in [0.05, 0.1) is 6.04 Å². The summed E-state index contributed by atoms with van der Waals surface area (Å²) in [6, 6.07) is 15.3. The fourth-order valence-electron chi connectivity index (χ4n) is 2.75. The van der Waals surface area contributed by atoms with Gasteiger partial charge in [0.25, 0.3) is 0 Å². The van der Waals surface area contributed by atoms with E-state index in [2.05, 4.69) is 20.7 Å². The number of aromatic nitrogens is 2. The number of aromatic hydroxyl groups is 1. The largest absolute Gasteiger partial charge is 0.505 e. The highest BCUT2D eigenvalue weighted by molar-refractivity contribution is 7.08. The maximum atomic E-state index is 10.8. The van der Waals surface area contributed by atoms with Crippen LogP contribution >= 0.6 is 11.3 Å². The van der Waals surface area contributed by atoms with Crippen molar-refractivity contribution in [3.63, 3.8) is 0 Å². The number of rotatable bonds is 4. The molecule has 0 saturated heterocycles. The summed E-state index contributed by atoms with van der Waals surface area (Å²) in [4.78, 5) is 8.66. The lowest BCUT2D eigenvalue weighted by Gasteiger charge is -2.20. The van der Waals surface area contributed by atoms with Gasteiger partial charge in [-0.2, -0.15) is 11.3 Å². The molecule has 2 N–H and O–H groups in total. The van der Waals surface area contributed by atoms with Crippen LogP contribution in [0, 0.1) is 0 Å². The average Bonchev–Trinajstić information content (AvgIpc) is 3.16. The molecule has 1 unspecified atom stereocenters. The Balaban J connectivity index is 1.83. The SMILES string of the molecule is Oc1c(C(Nc2ccccn2)c2ccsc2)ccc2cccnc12. The van der Waals surface area contributed by atoms with Gasteiger partial charge in [-0.3, -0.25) is 4.98 Å². The molecular weight excluding hydrogens is 318 g/mol. The number of nitrogens with one attached hydrogen (secondary N) is 1. The fourth-order valence-corrected chi connectivity index (χ4v) is 3.44. The van der Waals surface area contributed by atoms with Crippen LogP contribution in [0.4, 0.5) is 5.82 Å². The molecule has 0 amide bonds. The first-order valence-corrected chi connectivity index (χ1v) is 8.53. The quantitative estimate of drug-likeness (QED) is 0.573. The van der Waals surface area contributed by atoms with Crippen LogP contribution < -0.4 is 5.32 Å². The van der Waals surface area contributed by atoms with Crippen LogP contribution in [0.1, 0.15) is 17.2 Å². The minimum atomic E-state index is -0.197. The van der Waals surface area contributed by atoms with E-state index >= 15 is 0 Å². The molecule has 1 atom stereocenters. The number of benzene rings is 1. The van der Waals surface area contributed by atoms with Crippen LogP contribution in [0.3, 0.4) is 0 Å². The number of phenolic OH excluding ortho intramolecular Hbond substituents is 1. The summed E-state index contributed by atoms with van der Waals surface area (Å²) >= 11 is 1.62. The van der Waals surface area contributed by atoms with Crippen LogP contribution in [0.2, 0.25) is 0 Å². The number of hydrogen-bond donors (Lipinski definition) is 2. The van der Waals surface area contributed by atoms with Crippen molar-refractivity contribution in [3.8, 4) is 5.75 Å². The maximum Gasteiger partial charge on any atom is 0.147 e. The van der Waals surface area contributed by atoms with Gasteiger partial charge in [-0.1, -0.05) is 24.3 Å². The molecule has 0 aliphatic heterocycles. The van der Waals surface area contributed by atoms with Gasteiger partial charge >= 0.3 is 0 Å². The predicted molar refractivity (Wildman–Crippen MR) is 97.4 cm³/mol. The van der Waals surface area contributed by atoms with Crippen molar-refractivity contribution in [3.05, 3.63) is 82.8 Å². The third-order valence-electron chi connectivity index (χ3n) is 3.92. The van der Waals surface area contributed by atoms with Crippen molar-refractivity contribution < 1.29 is 5.11 Å². The number of phenols is 1. The standard InChI is InChI=1S/C19H15N3OS/c23-19-15(7-6-13-4-3-10-21-18(13)19)17(14-8-11-24-12-14)22-16-5-1-2-9-20-16/h1-12,17,23H,(H,20,22). The van der Waals surface area contributed by atoms with Crippen molar-refractivity contribution in [2.24, 2.45) is 0 Å². The van der Waals surface area contributed by atoms with Gasteiger partial charge in [0.2, 0.25) is 0 Å². The van der Waals surface area contributed by atoms with Gasteiger partial charge in [-0.25, -0.2) is 4.98 Å². The van der Waals surface area contributed by atoms with Crippen molar-refractivity contribution in [2.75, 3.05) is 5.32 Å². The first-order valence-electron chi connectivity index (χ1n) is 7.59. The highest BCUT2D eigenvalue weighted by Crippen LogP contribution is 2.36. The monoisotopic (exact) mass is 333 g/mol. The van der Waals surface area contributed by atoms with E-state index in [0.29, 0.717) is 5.52 Å². The Hall–Kier alpha value is -2.92. The third kappa shape index (κ3) is 2.70. The molecule has 0 fully saturated rings. The zero-order valence-electron chi connectivity index (χ0n) is 12.8. The normalized spacial score (nSPS) is 12.2. The molecular formula is C19H15N3OS. The smallest absolute Gasteiger partial charge is 0.147 e. The van der Waals surface area contributed by atoms with Crippen LogP contribution in [-0.4, -0.2) is 15.1 Å². The summed E-state index contributed by atoms with van der Waals surface area (Å²) in [5.74, 6) is 0.960. The number of anilines is 1. The highest BCUT2D eigenvalue weighted by Gasteiger charge is 2.20. The minimum Gasteiger partial charge on any atom is -0.505 e. The molecule has 0 aliphatic rings. The molecule has 0 bridgehead atoms. The zero-order valence-corrected chi connectivity index (χ0v) is 13.6. The molecule has 0 spiro atoms. The van der Waals surface area contributed by atoms with E-state index in [1.165, 1.54) is 0 Å². The van der Waals surface area contributed by atoms with Crippen molar-refractivity contribution >= 4 is 28.1 Å². The van der Waals surface area contributed by atoms with E-state index < -0.39 is 0 Å². The van der Waals surface area contributed by atoms with Gasteiger partial charge in [-0.05, 0) is 40.6 Å². The van der Waals surface area contributed by atoms with Crippen molar-refractivity contribution in [1.29, 1.82) is 0 Å². The number of hydrogen-bond acceptors (Lipinski definition) is 5. The van der Waals surface area contributed by atoms with Crippen molar-refractivity contribution in [1.82, 2.24) is 9.97 Å². The number of fused-ring (bicyclic) bond motifs is 1. The average molecular weight is 333 g/mol. The van der Waals surface area contributed by atoms with Crippen LogP contribution in [0.15, 0.2) is 71.7 Å². The molecule has 0 aliphatic carbocycles. The molecule has 5 heteroatoms. The second-order valence-electron chi connectivity index (χ2n) is 5.43. The molecule has 4 aromatic rings. The van der Waals surface area contributed by atoms with Crippen LogP contribution in [0.25, 0.3) is 10.9 Å². The summed E-state index contributed by atoms with van der Waals surface area (Å²) < 4.78 is 0. The molecule has 4 rings (SSSR count). The Morgan fingerprint density at radius 1 is 0.958 bits per heavy atom. The first kappa shape index (κ1) is 14.7. The fraction of sp³-hybridized carbons (Fsp3) is 0.0526. The molecule has 1 aromatic carbocycles. The minimum absolute atomic E-state index is 0.197. The van der Waals surface area contributed by atoms with Crippen LogP contribution in [-0.2, 0) is 0 Å². The van der Waals surface area contributed by atoms with E-state index in [1.54, 1.807) is 23.7 Å². The van der Waals surface area contributed by atoms with E-state index in [9.17, 15) is 5.11 Å². The molecule has 24 heavy (non-hydrogen) atoms. The lowest BCUT2D eigenvalue weighted by molar-refractivity contribution is 0.472. The summed E-state index contributed by atoms with van der Waals surface area (Å²) in [6.07, 6.45) is 3.44. The lowest BCUT2D eigenvalue weighted by Crippen LogP contribution is -2.13. The summed E-state index contributed by atoms with van der Waals surface area (Å²) in [6.45, 7) is 0. The third-order valence-corrected chi connectivity index (χ3v) is 4.63. The summed E-state index contributed by atoms with van der Waals surface area (Å²) in [7, 11) is 0. The molecule has 0 saturated carbocycles. The molecule has 4 nitrogen and oxygen atoms in total. The lowest BCUT2D eigenvalue weighted by atomic mass is 9.98. The Bertz CT molecular complexity index is 955. The van der Waals surface area contributed by atoms with Gasteiger partial charge in [0.15, 0.2) is 0 Å². The van der Waals surface area contributed by atoms with Gasteiger partial charge in [0, 0.05) is 23.3 Å². The topological polar surface area (TPSA) is 58.0 Å². The van der Waals surface area contributed by atoms with Gasteiger partial charge in [0.1, 0.15) is 17.1 Å². The number of pyridine rings is 2.